The van der Waals surface area contributed by atoms with Crippen LogP contribution in [0.1, 0.15) is 33.1 Å². The molecule has 10 heteroatoms. The zero-order valence-corrected chi connectivity index (χ0v) is 19.9. The Morgan fingerprint density at radius 2 is 1.81 bits per heavy atom. The number of aliphatic imine (C=N–C) groups is 1. The molecule has 2 aromatic carbocycles. The Morgan fingerprint density at radius 1 is 1.16 bits per heavy atom. The van der Waals surface area contributed by atoms with E-state index in [1.54, 1.807) is 25.1 Å². The van der Waals surface area contributed by atoms with E-state index in [4.69, 9.17) is 16.2 Å². The van der Waals surface area contributed by atoms with E-state index < -0.39 is 22.0 Å². The van der Waals surface area contributed by atoms with Crippen LogP contribution in [0.25, 0.3) is 10.8 Å². The predicted molar refractivity (Wildman–Crippen MR) is 128 cm³/mol. The van der Waals surface area contributed by atoms with Crippen LogP contribution in [0.3, 0.4) is 0 Å². The van der Waals surface area contributed by atoms with Crippen molar-refractivity contribution in [3.63, 3.8) is 0 Å². The third-order valence-electron chi connectivity index (χ3n) is 5.05. The van der Waals surface area contributed by atoms with E-state index in [2.05, 4.69) is 9.71 Å². The van der Waals surface area contributed by atoms with Crippen LogP contribution in [0.15, 0.2) is 46.3 Å². The molecule has 9 nitrogen and oxygen atoms in total. The van der Waals surface area contributed by atoms with Gasteiger partial charge in [-0.05, 0) is 38.3 Å². The number of nitrogens with zero attached hydrogens (tertiary/aromatic N) is 2. The molecule has 5 N–H and O–H groups in total. The van der Waals surface area contributed by atoms with Gasteiger partial charge in [0.05, 0.1) is 11.0 Å². The van der Waals surface area contributed by atoms with Crippen LogP contribution in [0.2, 0.25) is 0 Å². The van der Waals surface area contributed by atoms with E-state index in [-0.39, 0.29) is 29.9 Å². The maximum atomic E-state index is 13.3. The lowest BCUT2D eigenvalue weighted by molar-refractivity contribution is -0.150. The fourth-order valence-corrected chi connectivity index (χ4v) is 4.67. The Bertz CT molecular complexity index is 1070. The summed E-state index contributed by atoms with van der Waals surface area (Å²) in [6.45, 7) is 3.92. The first kappa shape index (κ1) is 25.4. The first-order chi connectivity index (χ1) is 15.1. The van der Waals surface area contributed by atoms with Crippen LogP contribution in [-0.2, 0) is 19.6 Å². The fourth-order valence-electron chi connectivity index (χ4n) is 3.23. The van der Waals surface area contributed by atoms with Crippen molar-refractivity contribution in [2.75, 3.05) is 25.5 Å². The minimum Gasteiger partial charge on any atom is -0.461 e. The number of benzene rings is 2. The molecular weight excluding hydrogens is 430 g/mol. The molecule has 0 saturated heterocycles. The van der Waals surface area contributed by atoms with Gasteiger partial charge in [-0.15, -0.1) is 0 Å². The molecule has 0 amide bonds. The molecule has 0 aliphatic rings. The van der Waals surface area contributed by atoms with E-state index in [0.29, 0.717) is 18.2 Å². The molecule has 32 heavy (non-hydrogen) atoms. The molecule has 2 atom stereocenters. The molecule has 0 bridgehead atoms. The second-order valence-corrected chi connectivity index (χ2v) is 9.48. The lowest BCUT2D eigenvalue weighted by Gasteiger charge is -2.21. The highest BCUT2D eigenvalue weighted by Crippen LogP contribution is 2.30. The average Bonchev–Trinajstić information content (AvgIpc) is 2.74. The lowest BCUT2D eigenvalue weighted by atomic mass is 10.1. The highest BCUT2D eigenvalue weighted by atomic mass is 32.2. The largest absolute Gasteiger partial charge is 0.461 e. The third kappa shape index (κ3) is 6.57. The number of hydrogen-bond donors (Lipinski definition) is 3. The number of guanidine groups is 1. The Balaban J connectivity index is 2.37. The van der Waals surface area contributed by atoms with E-state index in [1.807, 2.05) is 38.1 Å². The number of ether oxygens (including phenoxy) is 1. The van der Waals surface area contributed by atoms with Crippen LogP contribution in [0, 0.1) is 0 Å². The molecule has 2 aromatic rings. The summed E-state index contributed by atoms with van der Waals surface area (Å²) in [5, 5.41) is 1.37. The molecule has 0 aliphatic heterocycles. The van der Waals surface area contributed by atoms with Gasteiger partial charge in [0, 0.05) is 37.1 Å². The number of nitrogens with two attached hydrogens (primary N) is 2. The summed E-state index contributed by atoms with van der Waals surface area (Å²) in [6.07, 6.45) is 0.892. The highest BCUT2D eigenvalue weighted by molar-refractivity contribution is 7.89. The minimum absolute atomic E-state index is 0.0586. The van der Waals surface area contributed by atoms with Crippen molar-refractivity contribution in [2.45, 2.75) is 50.2 Å². The zero-order chi connectivity index (χ0) is 23.9. The van der Waals surface area contributed by atoms with Gasteiger partial charge in [-0.1, -0.05) is 31.2 Å². The first-order valence-electron chi connectivity index (χ1n) is 10.5. The van der Waals surface area contributed by atoms with E-state index in [1.165, 1.54) is 6.07 Å². The van der Waals surface area contributed by atoms with E-state index in [0.717, 1.165) is 11.1 Å². The molecule has 0 heterocycles. The third-order valence-corrected chi connectivity index (χ3v) is 6.58. The van der Waals surface area contributed by atoms with Crippen molar-refractivity contribution in [2.24, 2.45) is 16.5 Å². The number of anilines is 1. The Morgan fingerprint density at radius 3 is 2.44 bits per heavy atom. The smallest absolute Gasteiger partial charge is 0.324 e. The standard InChI is InChI=1S/C22H33N5O4S/c1-5-15(2)31-21(28)18(11-8-14-25-22(23)24)26-32(29,30)20-13-7-9-16-17(20)10-6-12-19(16)27(3)4/h6-7,9-10,12-13,15,18,26H,5,8,11,14H2,1-4H3,(H4,23,24,25). The van der Waals surface area contributed by atoms with Gasteiger partial charge in [-0.2, -0.15) is 4.72 Å². The van der Waals surface area contributed by atoms with Gasteiger partial charge >= 0.3 is 5.97 Å². The number of rotatable bonds is 11. The highest BCUT2D eigenvalue weighted by Gasteiger charge is 2.28. The molecule has 0 aromatic heterocycles. The maximum absolute atomic E-state index is 13.3. The van der Waals surface area contributed by atoms with Crippen LogP contribution in [0.4, 0.5) is 5.69 Å². The molecule has 0 saturated carbocycles. The maximum Gasteiger partial charge on any atom is 0.324 e. The number of sulfonamides is 1. The molecule has 0 fully saturated rings. The fraction of sp³-hybridized carbons (Fsp3) is 0.455. The summed E-state index contributed by atoms with van der Waals surface area (Å²) >= 11 is 0. The van der Waals surface area contributed by atoms with Gasteiger partial charge in [-0.25, -0.2) is 8.42 Å². The van der Waals surface area contributed by atoms with E-state index >= 15 is 0 Å². The van der Waals surface area contributed by atoms with Gasteiger partial charge in [-0.3, -0.25) is 9.79 Å². The summed E-state index contributed by atoms with van der Waals surface area (Å²) in [5.74, 6) is -0.682. The SMILES string of the molecule is CCC(C)OC(=O)C(CCCN=C(N)N)NS(=O)(=O)c1cccc2c(N(C)C)cccc12. The van der Waals surface area contributed by atoms with Gasteiger partial charge < -0.3 is 21.1 Å². The van der Waals surface area contributed by atoms with Crippen molar-refractivity contribution >= 4 is 38.4 Å². The topological polar surface area (TPSA) is 140 Å². The zero-order valence-electron chi connectivity index (χ0n) is 19.0. The van der Waals surface area contributed by atoms with Crippen LogP contribution in [0.5, 0.6) is 0 Å². The second kappa shape index (κ2) is 11.1. The summed E-state index contributed by atoms with van der Waals surface area (Å²) in [4.78, 5) is 18.6. The molecule has 2 unspecified atom stereocenters. The van der Waals surface area contributed by atoms with Gasteiger partial charge in [0.1, 0.15) is 6.04 Å². The van der Waals surface area contributed by atoms with Gasteiger partial charge in [0.15, 0.2) is 5.96 Å². The normalized spacial score (nSPS) is 13.4. The number of carbonyl (C=O) groups is 1. The van der Waals surface area contributed by atoms with Gasteiger partial charge in [0.25, 0.3) is 0 Å². The van der Waals surface area contributed by atoms with Crippen LogP contribution >= 0.6 is 0 Å². The van der Waals surface area contributed by atoms with E-state index in [9.17, 15) is 13.2 Å². The van der Waals surface area contributed by atoms with Crippen molar-refractivity contribution < 1.29 is 17.9 Å². The number of esters is 1. The molecule has 0 spiro atoms. The molecule has 2 rings (SSSR count). The van der Waals surface area contributed by atoms with Crippen molar-refractivity contribution in [3.05, 3.63) is 36.4 Å². The minimum atomic E-state index is -4.02. The second-order valence-electron chi connectivity index (χ2n) is 7.80. The number of fused-ring (bicyclic) bond motifs is 1. The summed E-state index contributed by atoms with van der Waals surface area (Å²) in [6, 6.07) is 9.50. The van der Waals surface area contributed by atoms with Crippen molar-refractivity contribution in [3.8, 4) is 0 Å². The Hall–Kier alpha value is -2.85. The molecule has 0 radical (unpaired) electrons. The average molecular weight is 464 g/mol. The van der Waals surface area contributed by atoms with Gasteiger partial charge in [0.2, 0.25) is 10.0 Å². The Labute approximate surface area is 189 Å². The number of carbonyl (C=O) groups excluding carboxylic acids is 1. The Kier molecular flexibility index (Phi) is 8.85. The molecule has 176 valence electrons. The monoisotopic (exact) mass is 463 g/mol. The van der Waals surface area contributed by atoms with Crippen molar-refractivity contribution in [1.29, 1.82) is 0 Å². The molecular formula is C22H33N5O4S. The number of nitrogens with one attached hydrogen (secondary N) is 1. The predicted octanol–water partition coefficient (Wildman–Crippen LogP) is 1.95. The van der Waals surface area contributed by atoms with Crippen molar-refractivity contribution in [1.82, 2.24) is 4.72 Å². The summed E-state index contributed by atoms with van der Waals surface area (Å²) in [7, 11) is -0.235. The number of hydrogen-bond acceptors (Lipinski definition) is 6. The lowest BCUT2D eigenvalue weighted by Crippen LogP contribution is -2.42. The summed E-state index contributed by atoms with van der Waals surface area (Å²) in [5.41, 5.74) is 11.6. The van der Waals surface area contributed by atoms with Crippen LogP contribution < -0.4 is 21.1 Å². The van der Waals surface area contributed by atoms with Crippen LogP contribution in [-0.4, -0.2) is 53.1 Å². The first-order valence-corrected chi connectivity index (χ1v) is 12.0. The molecule has 0 aliphatic carbocycles. The summed E-state index contributed by atoms with van der Waals surface area (Å²) < 4.78 is 34.6. The quantitative estimate of drug-likeness (QED) is 0.200.